The molecule has 0 aliphatic rings. The number of nitrogens with zero attached hydrogens (tertiary/aromatic N) is 1. The zero-order valence-electron chi connectivity index (χ0n) is 11.7. The van der Waals surface area contributed by atoms with Gasteiger partial charge >= 0.3 is 0 Å². The summed E-state index contributed by atoms with van der Waals surface area (Å²) in [5.74, 6) is -0.354. The number of halogens is 1. The Morgan fingerprint density at radius 2 is 2.11 bits per heavy atom. The van der Waals surface area contributed by atoms with E-state index in [1.165, 1.54) is 6.07 Å². The van der Waals surface area contributed by atoms with Gasteiger partial charge < -0.3 is 15.4 Å². The summed E-state index contributed by atoms with van der Waals surface area (Å²) in [5, 5.41) is 9.77. The molecule has 3 nitrogen and oxygen atoms in total. The highest BCUT2D eigenvalue weighted by Crippen LogP contribution is 2.24. The zero-order chi connectivity index (χ0) is 14.6. The number of hydrogen-bond donors (Lipinski definition) is 2. The number of aromatic nitrogens is 1. The quantitative estimate of drug-likeness (QED) is 0.836. The Morgan fingerprint density at radius 1 is 1.47 bits per heavy atom. The molecule has 0 fully saturated rings. The van der Waals surface area contributed by atoms with E-state index in [-0.39, 0.29) is 11.6 Å². The SMILES string of the molecule is C=C(O)C(N)Cc1cn(C)c2cccc(F)c12.CC. The Morgan fingerprint density at radius 3 is 2.68 bits per heavy atom. The Balaban J connectivity index is 0.000000861. The van der Waals surface area contributed by atoms with Crippen LogP contribution in [0, 0.1) is 5.82 Å². The number of rotatable bonds is 3. The van der Waals surface area contributed by atoms with Gasteiger partial charge in [-0.3, -0.25) is 0 Å². The van der Waals surface area contributed by atoms with E-state index in [1.807, 2.05) is 37.7 Å². The summed E-state index contributed by atoms with van der Waals surface area (Å²) in [7, 11) is 1.85. The topological polar surface area (TPSA) is 51.2 Å². The molecular formula is C15H21FN2O. The van der Waals surface area contributed by atoms with Crippen molar-refractivity contribution in [2.45, 2.75) is 26.3 Å². The Hall–Kier alpha value is -1.81. The highest BCUT2D eigenvalue weighted by molar-refractivity contribution is 5.84. The van der Waals surface area contributed by atoms with Crippen molar-refractivity contribution in [2.75, 3.05) is 0 Å². The first kappa shape index (κ1) is 15.2. The minimum absolute atomic E-state index is 0.0849. The van der Waals surface area contributed by atoms with Gasteiger partial charge in [-0.05, 0) is 24.1 Å². The summed E-state index contributed by atoms with van der Waals surface area (Å²) in [6, 6.07) is 4.37. The van der Waals surface area contributed by atoms with Gasteiger partial charge in [0.25, 0.3) is 0 Å². The number of aryl methyl sites for hydroxylation is 1. The van der Waals surface area contributed by atoms with Crippen LogP contribution in [0.15, 0.2) is 36.7 Å². The molecule has 2 aromatic rings. The van der Waals surface area contributed by atoms with Crippen molar-refractivity contribution in [3.8, 4) is 0 Å². The molecule has 0 aliphatic heterocycles. The molecule has 0 saturated heterocycles. The molecule has 104 valence electrons. The lowest BCUT2D eigenvalue weighted by Gasteiger charge is -2.08. The normalized spacial score (nSPS) is 11.8. The van der Waals surface area contributed by atoms with Crippen LogP contribution < -0.4 is 5.73 Å². The summed E-state index contributed by atoms with van der Waals surface area (Å²) >= 11 is 0. The zero-order valence-corrected chi connectivity index (χ0v) is 11.7. The molecular weight excluding hydrogens is 243 g/mol. The Kier molecular flexibility index (Phi) is 5.12. The molecule has 0 amide bonds. The monoisotopic (exact) mass is 264 g/mol. The van der Waals surface area contributed by atoms with Crippen LogP contribution in [0.1, 0.15) is 19.4 Å². The van der Waals surface area contributed by atoms with Crippen molar-refractivity contribution in [3.05, 3.63) is 48.1 Å². The molecule has 1 unspecified atom stereocenters. The molecule has 3 N–H and O–H groups in total. The molecule has 0 saturated carbocycles. The molecule has 1 aromatic heterocycles. The molecule has 1 atom stereocenters. The average Bonchev–Trinajstić information content (AvgIpc) is 2.70. The number of benzene rings is 1. The van der Waals surface area contributed by atoms with Crippen molar-refractivity contribution < 1.29 is 9.50 Å². The fraction of sp³-hybridized carbons (Fsp3) is 0.333. The second-order valence-corrected chi connectivity index (χ2v) is 4.20. The molecule has 0 spiro atoms. The predicted molar refractivity (Wildman–Crippen MR) is 77.7 cm³/mol. The van der Waals surface area contributed by atoms with Gasteiger partial charge in [0.15, 0.2) is 0 Å². The fourth-order valence-corrected chi connectivity index (χ4v) is 2.00. The molecule has 4 heteroatoms. The van der Waals surface area contributed by atoms with Crippen LogP contribution in [0.25, 0.3) is 10.9 Å². The van der Waals surface area contributed by atoms with Gasteiger partial charge in [-0.1, -0.05) is 26.5 Å². The lowest BCUT2D eigenvalue weighted by atomic mass is 10.0. The largest absolute Gasteiger partial charge is 0.511 e. The van der Waals surface area contributed by atoms with E-state index < -0.39 is 6.04 Å². The van der Waals surface area contributed by atoms with Gasteiger partial charge in [-0.25, -0.2) is 4.39 Å². The van der Waals surface area contributed by atoms with Gasteiger partial charge in [0.2, 0.25) is 0 Å². The lowest BCUT2D eigenvalue weighted by molar-refractivity contribution is 0.368. The van der Waals surface area contributed by atoms with Crippen LogP contribution in [0.4, 0.5) is 4.39 Å². The van der Waals surface area contributed by atoms with Gasteiger partial charge in [0.05, 0.1) is 11.6 Å². The number of hydrogen-bond acceptors (Lipinski definition) is 2. The smallest absolute Gasteiger partial charge is 0.132 e. The molecule has 0 bridgehead atoms. The summed E-state index contributed by atoms with van der Waals surface area (Å²) < 4.78 is 15.6. The first-order chi connectivity index (χ1) is 9.00. The van der Waals surface area contributed by atoms with E-state index >= 15 is 0 Å². The van der Waals surface area contributed by atoms with Gasteiger partial charge in [-0.2, -0.15) is 0 Å². The van der Waals surface area contributed by atoms with Crippen molar-refractivity contribution in [3.63, 3.8) is 0 Å². The van der Waals surface area contributed by atoms with Crippen molar-refractivity contribution in [1.29, 1.82) is 0 Å². The van der Waals surface area contributed by atoms with Gasteiger partial charge in [0, 0.05) is 18.6 Å². The van der Waals surface area contributed by atoms with Crippen molar-refractivity contribution >= 4 is 10.9 Å². The highest BCUT2D eigenvalue weighted by atomic mass is 19.1. The van der Waals surface area contributed by atoms with Crippen LogP contribution in [0.5, 0.6) is 0 Å². The molecule has 19 heavy (non-hydrogen) atoms. The Bertz CT molecular complexity index is 575. The second kappa shape index (κ2) is 6.38. The lowest BCUT2D eigenvalue weighted by Crippen LogP contribution is -2.24. The molecule has 0 aliphatic carbocycles. The standard InChI is InChI=1S/C13H15FN2O.C2H6/c1-8(17)11(15)6-9-7-16(2)12-5-3-4-10(14)13(9)12;1-2/h3-5,7,11,17H,1,6,15H2,2H3;1-2H3. The summed E-state index contributed by atoms with van der Waals surface area (Å²) in [6.07, 6.45) is 2.20. The van der Waals surface area contributed by atoms with Crippen LogP contribution >= 0.6 is 0 Å². The highest BCUT2D eigenvalue weighted by Gasteiger charge is 2.14. The summed E-state index contributed by atoms with van der Waals surface area (Å²) in [6.45, 7) is 7.39. The summed E-state index contributed by atoms with van der Waals surface area (Å²) in [4.78, 5) is 0. The van der Waals surface area contributed by atoms with Gasteiger partial charge in [-0.15, -0.1) is 0 Å². The maximum absolute atomic E-state index is 13.8. The van der Waals surface area contributed by atoms with E-state index in [9.17, 15) is 9.50 Å². The van der Waals surface area contributed by atoms with Crippen LogP contribution in [0.3, 0.4) is 0 Å². The third kappa shape index (κ3) is 3.15. The van der Waals surface area contributed by atoms with Crippen LogP contribution in [-0.2, 0) is 13.5 Å². The average molecular weight is 264 g/mol. The number of aliphatic hydroxyl groups is 1. The second-order valence-electron chi connectivity index (χ2n) is 4.20. The minimum atomic E-state index is -0.569. The first-order valence-electron chi connectivity index (χ1n) is 6.36. The number of aliphatic hydroxyl groups excluding tert-OH is 1. The summed E-state index contributed by atoms with van der Waals surface area (Å²) in [5.41, 5.74) is 7.31. The van der Waals surface area contributed by atoms with E-state index in [0.29, 0.717) is 11.8 Å². The third-order valence-electron chi connectivity index (χ3n) is 2.91. The van der Waals surface area contributed by atoms with Crippen LogP contribution in [-0.4, -0.2) is 15.7 Å². The number of nitrogens with two attached hydrogens (primary N) is 1. The van der Waals surface area contributed by atoms with Crippen LogP contribution in [0.2, 0.25) is 0 Å². The maximum atomic E-state index is 13.8. The number of fused-ring (bicyclic) bond motifs is 1. The molecule has 2 rings (SSSR count). The molecule has 0 radical (unpaired) electrons. The van der Waals surface area contributed by atoms with Crippen molar-refractivity contribution in [1.82, 2.24) is 4.57 Å². The minimum Gasteiger partial charge on any atom is -0.511 e. The fourth-order valence-electron chi connectivity index (χ4n) is 2.00. The first-order valence-corrected chi connectivity index (χ1v) is 6.36. The Labute approximate surface area is 113 Å². The maximum Gasteiger partial charge on any atom is 0.132 e. The predicted octanol–water partition coefficient (Wildman–Crippen LogP) is 3.29. The van der Waals surface area contributed by atoms with Crippen molar-refractivity contribution in [2.24, 2.45) is 12.8 Å². The van der Waals surface area contributed by atoms with E-state index in [2.05, 4.69) is 6.58 Å². The van der Waals surface area contributed by atoms with E-state index in [4.69, 9.17) is 5.73 Å². The third-order valence-corrected chi connectivity index (χ3v) is 2.91. The van der Waals surface area contributed by atoms with Gasteiger partial charge in [0.1, 0.15) is 11.6 Å². The van der Waals surface area contributed by atoms with E-state index in [1.54, 1.807) is 6.07 Å². The van der Waals surface area contributed by atoms with E-state index in [0.717, 1.165) is 11.1 Å². The molecule has 1 aromatic carbocycles. The molecule has 1 heterocycles.